The fraction of sp³-hybridized carbons (Fsp3) is 0.808. The van der Waals surface area contributed by atoms with Crippen molar-refractivity contribution in [3.8, 4) is 0 Å². The maximum absolute atomic E-state index is 12.8. The molecule has 3 saturated carbocycles. The van der Waals surface area contributed by atoms with Gasteiger partial charge in [0.05, 0.1) is 5.56 Å². The van der Waals surface area contributed by atoms with E-state index in [2.05, 4.69) is 47.2 Å². The van der Waals surface area contributed by atoms with Crippen LogP contribution in [-0.2, 0) is 6.18 Å². The zero-order valence-electron chi connectivity index (χ0n) is 20.9. The molecule has 190 valence electrons. The Bertz CT molecular complexity index is 885. The van der Waals surface area contributed by atoms with Gasteiger partial charge in [0.15, 0.2) is 0 Å². The number of hydrogen-bond acceptors (Lipinski definition) is 5. The molecular formula is C26H39F3N4S. The number of nitrogens with zero attached hydrogens (tertiary/aromatic N) is 3. The van der Waals surface area contributed by atoms with Crippen LogP contribution in [0.1, 0.15) is 65.4 Å². The van der Waals surface area contributed by atoms with Gasteiger partial charge in [-0.3, -0.25) is 0 Å². The molecule has 5 atom stereocenters. The molecule has 0 aromatic carbocycles. The normalized spacial score (nSPS) is 37.5. The van der Waals surface area contributed by atoms with E-state index in [4.69, 9.17) is 0 Å². The largest absolute Gasteiger partial charge is 0.417 e. The Morgan fingerprint density at radius 3 is 2.44 bits per heavy atom. The van der Waals surface area contributed by atoms with Gasteiger partial charge in [0, 0.05) is 55.6 Å². The number of pyridine rings is 1. The Morgan fingerprint density at radius 1 is 1.18 bits per heavy atom. The number of piperazine rings is 1. The Kier molecular flexibility index (Phi) is 6.21. The SMILES string of the molecule is CCCC1(C)C2CC(NC(C)C)C3(CSN4CCN(c5ccc(C(F)(F)F)cn5)CC4)CCC213. The second kappa shape index (κ2) is 8.55. The van der Waals surface area contributed by atoms with Crippen LogP contribution in [0.3, 0.4) is 0 Å². The van der Waals surface area contributed by atoms with E-state index in [-0.39, 0.29) is 0 Å². The first-order valence-electron chi connectivity index (χ1n) is 13.0. The monoisotopic (exact) mass is 496 g/mol. The molecule has 4 nitrogen and oxygen atoms in total. The third kappa shape index (κ3) is 3.61. The van der Waals surface area contributed by atoms with Gasteiger partial charge >= 0.3 is 6.18 Å². The minimum Gasteiger partial charge on any atom is -0.354 e. The molecule has 2 heterocycles. The molecule has 5 rings (SSSR count). The van der Waals surface area contributed by atoms with Gasteiger partial charge in [-0.25, -0.2) is 9.29 Å². The van der Waals surface area contributed by atoms with E-state index in [1.807, 2.05) is 11.9 Å². The molecule has 0 amide bonds. The van der Waals surface area contributed by atoms with Crippen molar-refractivity contribution in [3.63, 3.8) is 0 Å². The number of anilines is 1. The van der Waals surface area contributed by atoms with E-state index >= 15 is 0 Å². The summed E-state index contributed by atoms with van der Waals surface area (Å²) in [7, 11) is 0. The summed E-state index contributed by atoms with van der Waals surface area (Å²) in [6, 6.07) is 3.78. The molecule has 1 spiro atoms. The minimum absolute atomic E-state index is 0.405. The summed E-state index contributed by atoms with van der Waals surface area (Å²) in [5, 5.41) is 3.95. The molecule has 0 bridgehead atoms. The molecular weight excluding hydrogens is 457 g/mol. The van der Waals surface area contributed by atoms with Crippen molar-refractivity contribution < 1.29 is 13.2 Å². The van der Waals surface area contributed by atoms with E-state index in [1.165, 1.54) is 43.9 Å². The van der Waals surface area contributed by atoms with Gasteiger partial charge < -0.3 is 10.2 Å². The van der Waals surface area contributed by atoms with Crippen molar-refractivity contribution >= 4 is 17.8 Å². The molecule has 1 saturated heterocycles. The first kappa shape index (κ1) is 24.7. The molecule has 8 heteroatoms. The predicted octanol–water partition coefficient (Wildman–Crippen LogP) is 5.84. The van der Waals surface area contributed by atoms with Crippen LogP contribution in [0.25, 0.3) is 0 Å². The van der Waals surface area contributed by atoms with Crippen molar-refractivity contribution in [2.24, 2.45) is 22.2 Å². The Hall–Kier alpha value is -0.990. The summed E-state index contributed by atoms with van der Waals surface area (Å²) in [4.78, 5) is 6.20. The zero-order valence-corrected chi connectivity index (χ0v) is 21.7. The number of alkyl halides is 3. The second-order valence-corrected chi connectivity index (χ2v) is 12.6. The van der Waals surface area contributed by atoms with Crippen molar-refractivity contribution in [1.29, 1.82) is 0 Å². The number of hydrogen-bond donors (Lipinski definition) is 1. The van der Waals surface area contributed by atoms with Gasteiger partial charge in [-0.15, -0.1) is 0 Å². The summed E-state index contributed by atoms with van der Waals surface area (Å²) in [5.74, 6) is 2.71. The standard InChI is InChI=1S/C26H39F3N4S/c1-5-8-23(4)20-15-21(31-18(2)3)24(9-10-25(20,23)24)17-34-33-13-11-32(12-14-33)22-7-6-19(16-30-22)26(27,28)29/h6-7,16,18,20-21,31H,5,8-15,17H2,1-4H3. The summed E-state index contributed by atoms with van der Waals surface area (Å²) in [5.41, 5.74) is 0.793. The maximum Gasteiger partial charge on any atom is 0.417 e. The van der Waals surface area contributed by atoms with E-state index in [9.17, 15) is 13.2 Å². The quantitative estimate of drug-likeness (QED) is 0.457. The number of rotatable bonds is 8. The fourth-order valence-electron chi connectivity index (χ4n) is 8.20. The number of nitrogens with one attached hydrogen (secondary N) is 1. The molecule has 1 aliphatic heterocycles. The van der Waals surface area contributed by atoms with Crippen LogP contribution in [0.4, 0.5) is 19.0 Å². The molecule has 4 aliphatic rings. The summed E-state index contributed by atoms with van der Waals surface area (Å²) >= 11 is 2.02. The molecule has 5 unspecified atom stereocenters. The van der Waals surface area contributed by atoms with Crippen LogP contribution >= 0.6 is 11.9 Å². The van der Waals surface area contributed by atoms with Crippen LogP contribution in [0.5, 0.6) is 0 Å². The molecule has 34 heavy (non-hydrogen) atoms. The second-order valence-electron chi connectivity index (χ2n) is 11.5. The van der Waals surface area contributed by atoms with Gasteiger partial charge in [-0.1, -0.05) is 46.1 Å². The van der Waals surface area contributed by atoms with E-state index < -0.39 is 11.7 Å². The fourth-order valence-corrected chi connectivity index (χ4v) is 9.64. The molecule has 1 aromatic rings. The van der Waals surface area contributed by atoms with Gasteiger partial charge in [0.2, 0.25) is 0 Å². The zero-order chi connectivity index (χ0) is 24.4. The smallest absolute Gasteiger partial charge is 0.354 e. The first-order chi connectivity index (χ1) is 16.1. The van der Waals surface area contributed by atoms with Crippen LogP contribution in [0.15, 0.2) is 18.3 Å². The number of halogens is 3. The minimum atomic E-state index is -4.34. The van der Waals surface area contributed by atoms with E-state index in [1.54, 1.807) is 0 Å². The van der Waals surface area contributed by atoms with Gasteiger partial charge in [-0.2, -0.15) is 13.2 Å². The van der Waals surface area contributed by atoms with Gasteiger partial charge in [0.1, 0.15) is 5.82 Å². The highest BCUT2D eigenvalue weighted by molar-refractivity contribution is 7.97. The Morgan fingerprint density at radius 2 is 1.91 bits per heavy atom. The third-order valence-electron chi connectivity index (χ3n) is 9.74. The average molecular weight is 497 g/mol. The maximum atomic E-state index is 12.8. The average Bonchev–Trinajstić information content (AvgIpc) is 3.25. The lowest BCUT2D eigenvalue weighted by atomic mass is 9.53. The van der Waals surface area contributed by atoms with E-state index in [0.29, 0.717) is 34.1 Å². The summed E-state index contributed by atoms with van der Waals surface area (Å²) in [6.45, 7) is 12.9. The van der Waals surface area contributed by atoms with Crippen LogP contribution < -0.4 is 10.2 Å². The topological polar surface area (TPSA) is 31.4 Å². The highest BCUT2D eigenvalue weighted by Gasteiger charge is 2.88. The number of aromatic nitrogens is 1. The molecule has 1 N–H and O–H groups in total. The highest BCUT2D eigenvalue weighted by atomic mass is 32.2. The predicted molar refractivity (Wildman–Crippen MR) is 133 cm³/mol. The lowest BCUT2D eigenvalue weighted by molar-refractivity contribution is -0.137. The van der Waals surface area contributed by atoms with Crippen LogP contribution in [0, 0.1) is 22.2 Å². The van der Waals surface area contributed by atoms with Crippen molar-refractivity contribution in [2.45, 2.75) is 78.1 Å². The van der Waals surface area contributed by atoms with E-state index in [0.717, 1.165) is 44.4 Å². The van der Waals surface area contributed by atoms with Crippen LogP contribution in [0.2, 0.25) is 0 Å². The highest BCUT2D eigenvalue weighted by Crippen LogP contribution is 2.91. The third-order valence-corrected chi connectivity index (χ3v) is 11.1. The van der Waals surface area contributed by atoms with Gasteiger partial charge in [-0.05, 0) is 54.6 Å². The van der Waals surface area contributed by atoms with Crippen molar-refractivity contribution in [1.82, 2.24) is 14.6 Å². The lowest BCUT2D eigenvalue weighted by Gasteiger charge is -2.56. The molecule has 1 aromatic heterocycles. The lowest BCUT2D eigenvalue weighted by Crippen LogP contribution is -2.58. The van der Waals surface area contributed by atoms with Crippen LogP contribution in [-0.4, -0.2) is 53.3 Å². The first-order valence-corrected chi connectivity index (χ1v) is 13.9. The summed E-state index contributed by atoms with van der Waals surface area (Å²) in [6.07, 6.45) is 3.33. The molecule has 3 aliphatic carbocycles. The van der Waals surface area contributed by atoms with Gasteiger partial charge in [0.25, 0.3) is 0 Å². The molecule has 0 radical (unpaired) electrons. The molecule has 4 fully saturated rings. The Balaban J connectivity index is 1.20. The van der Waals surface area contributed by atoms with Crippen molar-refractivity contribution in [3.05, 3.63) is 23.9 Å². The summed E-state index contributed by atoms with van der Waals surface area (Å²) < 4.78 is 41.0. The van der Waals surface area contributed by atoms with Crippen molar-refractivity contribution in [2.75, 3.05) is 36.8 Å². The Labute approximate surface area is 206 Å².